The average Bonchev–Trinajstić information content (AvgIpc) is 2.11. The second-order valence-corrected chi connectivity index (χ2v) is 5.28. The van der Waals surface area contributed by atoms with E-state index in [0.29, 0.717) is 6.04 Å². The first-order valence-corrected chi connectivity index (χ1v) is 6.25. The van der Waals surface area contributed by atoms with Gasteiger partial charge in [0.05, 0.1) is 0 Å². The van der Waals surface area contributed by atoms with Crippen LogP contribution in [0.2, 0.25) is 0 Å². The van der Waals surface area contributed by atoms with E-state index in [1.54, 1.807) is 0 Å². The molecule has 0 aromatic heterocycles. The Kier molecular flexibility index (Phi) is 3.45. The highest BCUT2D eigenvalue weighted by Gasteiger charge is 2.25. The van der Waals surface area contributed by atoms with E-state index in [0.717, 1.165) is 18.5 Å². The van der Waals surface area contributed by atoms with Crippen molar-refractivity contribution in [3.05, 3.63) is 0 Å². The van der Waals surface area contributed by atoms with E-state index in [4.69, 9.17) is 5.73 Å². The van der Waals surface area contributed by atoms with Gasteiger partial charge in [-0.1, -0.05) is 19.3 Å². The van der Waals surface area contributed by atoms with Crippen molar-refractivity contribution < 1.29 is 0 Å². The molecule has 0 amide bonds. The minimum Gasteiger partial charge on any atom is -0.327 e. The molecule has 2 nitrogen and oxygen atoms in total. The Morgan fingerprint density at radius 1 is 1.29 bits per heavy atom. The zero-order valence-electron chi connectivity index (χ0n) is 9.41. The number of likely N-dealkylation sites (tertiary alicyclic amines) is 1. The zero-order chi connectivity index (χ0) is 9.97. The summed E-state index contributed by atoms with van der Waals surface area (Å²) in [5, 5.41) is 0. The van der Waals surface area contributed by atoms with Gasteiger partial charge in [0.15, 0.2) is 0 Å². The minimum atomic E-state index is 0.438. The lowest BCUT2D eigenvalue weighted by Crippen LogP contribution is -2.47. The van der Waals surface area contributed by atoms with Gasteiger partial charge in [-0.3, -0.25) is 4.90 Å². The maximum absolute atomic E-state index is 6.00. The monoisotopic (exact) mass is 196 g/mol. The highest BCUT2D eigenvalue weighted by molar-refractivity contribution is 4.82. The maximum atomic E-state index is 6.00. The fourth-order valence-corrected chi connectivity index (χ4v) is 2.80. The van der Waals surface area contributed by atoms with Crippen molar-refractivity contribution in [2.24, 2.45) is 11.7 Å². The molecule has 0 aromatic carbocycles. The van der Waals surface area contributed by atoms with Crippen LogP contribution in [0.4, 0.5) is 0 Å². The normalized spacial score (nSPS) is 32.6. The molecule has 0 aromatic rings. The zero-order valence-corrected chi connectivity index (χ0v) is 9.41. The van der Waals surface area contributed by atoms with E-state index in [1.807, 2.05) is 0 Å². The van der Waals surface area contributed by atoms with Crippen molar-refractivity contribution in [2.75, 3.05) is 13.1 Å². The second-order valence-electron chi connectivity index (χ2n) is 5.28. The first-order chi connectivity index (χ1) is 6.75. The third-order valence-corrected chi connectivity index (χ3v) is 4.01. The van der Waals surface area contributed by atoms with Crippen molar-refractivity contribution in [1.82, 2.24) is 4.90 Å². The highest BCUT2D eigenvalue weighted by Crippen LogP contribution is 2.32. The predicted octanol–water partition coefficient (Wildman–Crippen LogP) is 1.99. The molecule has 0 radical (unpaired) electrons. The van der Waals surface area contributed by atoms with E-state index in [2.05, 4.69) is 11.8 Å². The summed E-state index contributed by atoms with van der Waals surface area (Å²) < 4.78 is 0. The van der Waals surface area contributed by atoms with E-state index in [1.165, 1.54) is 45.1 Å². The lowest BCUT2D eigenvalue weighted by Gasteiger charge is -2.38. The average molecular weight is 196 g/mol. The van der Waals surface area contributed by atoms with Gasteiger partial charge >= 0.3 is 0 Å². The molecule has 1 aliphatic heterocycles. The second kappa shape index (κ2) is 4.63. The Bertz CT molecular complexity index is 177. The van der Waals surface area contributed by atoms with Gasteiger partial charge in [0.1, 0.15) is 0 Å². The summed E-state index contributed by atoms with van der Waals surface area (Å²) in [4.78, 5) is 2.60. The SMILES string of the molecule is CC(CC1CCC1)N1CCC[C@@H](N)C1. The lowest BCUT2D eigenvalue weighted by atomic mass is 9.80. The lowest BCUT2D eigenvalue weighted by molar-refractivity contribution is 0.123. The van der Waals surface area contributed by atoms with Gasteiger partial charge in [-0.2, -0.15) is 0 Å². The largest absolute Gasteiger partial charge is 0.327 e. The van der Waals surface area contributed by atoms with Gasteiger partial charge in [-0.05, 0) is 38.6 Å². The van der Waals surface area contributed by atoms with Crippen molar-refractivity contribution in [1.29, 1.82) is 0 Å². The number of nitrogens with two attached hydrogens (primary N) is 1. The Morgan fingerprint density at radius 2 is 2.07 bits per heavy atom. The van der Waals surface area contributed by atoms with Crippen LogP contribution in [-0.4, -0.2) is 30.1 Å². The van der Waals surface area contributed by atoms with E-state index >= 15 is 0 Å². The van der Waals surface area contributed by atoms with Gasteiger partial charge in [0.2, 0.25) is 0 Å². The summed E-state index contributed by atoms with van der Waals surface area (Å²) in [5.41, 5.74) is 6.00. The third-order valence-electron chi connectivity index (χ3n) is 4.01. The molecule has 2 rings (SSSR count). The quantitative estimate of drug-likeness (QED) is 0.748. The van der Waals surface area contributed by atoms with Crippen LogP contribution in [0.5, 0.6) is 0 Å². The molecule has 2 heteroatoms. The smallest absolute Gasteiger partial charge is 0.0168 e. The van der Waals surface area contributed by atoms with Crippen LogP contribution in [0, 0.1) is 5.92 Å². The predicted molar refractivity (Wildman–Crippen MR) is 60.2 cm³/mol. The number of hydrogen-bond acceptors (Lipinski definition) is 2. The minimum absolute atomic E-state index is 0.438. The van der Waals surface area contributed by atoms with Crippen LogP contribution < -0.4 is 5.73 Å². The van der Waals surface area contributed by atoms with E-state index < -0.39 is 0 Å². The molecule has 2 N–H and O–H groups in total. The van der Waals surface area contributed by atoms with Crippen LogP contribution in [0.1, 0.15) is 45.4 Å². The van der Waals surface area contributed by atoms with Gasteiger partial charge in [-0.15, -0.1) is 0 Å². The summed E-state index contributed by atoms with van der Waals surface area (Å²) in [5.74, 6) is 1.03. The number of piperidine rings is 1. The number of rotatable bonds is 3. The molecule has 1 heterocycles. The molecule has 2 atom stereocenters. The molecule has 1 unspecified atom stereocenters. The maximum Gasteiger partial charge on any atom is 0.0168 e. The first-order valence-electron chi connectivity index (χ1n) is 6.25. The van der Waals surface area contributed by atoms with E-state index in [9.17, 15) is 0 Å². The molecule has 82 valence electrons. The standard InChI is InChI=1S/C12H24N2/c1-10(8-11-4-2-5-11)14-7-3-6-12(13)9-14/h10-12H,2-9,13H2,1H3/t10?,12-/m1/s1. The Hall–Kier alpha value is -0.0800. The Labute approximate surface area is 87.8 Å². The fraction of sp³-hybridized carbons (Fsp3) is 1.00. The van der Waals surface area contributed by atoms with Gasteiger partial charge in [0.25, 0.3) is 0 Å². The molecule has 0 bridgehead atoms. The molecule has 14 heavy (non-hydrogen) atoms. The van der Waals surface area contributed by atoms with Crippen molar-refractivity contribution in [2.45, 2.75) is 57.5 Å². The molecule has 1 saturated carbocycles. The van der Waals surface area contributed by atoms with Crippen LogP contribution in [0.25, 0.3) is 0 Å². The summed E-state index contributed by atoms with van der Waals surface area (Å²) >= 11 is 0. The summed E-state index contributed by atoms with van der Waals surface area (Å²) in [6.45, 7) is 4.80. The summed E-state index contributed by atoms with van der Waals surface area (Å²) in [6, 6.07) is 1.21. The molecule has 2 aliphatic rings. The van der Waals surface area contributed by atoms with Crippen molar-refractivity contribution in [3.8, 4) is 0 Å². The van der Waals surface area contributed by atoms with Gasteiger partial charge in [0, 0.05) is 18.6 Å². The Morgan fingerprint density at radius 3 is 2.64 bits per heavy atom. The van der Waals surface area contributed by atoms with Crippen molar-refractivity contribution >= 4 is 0 Å². The number of hydrogen-bond donors (Lipinski definition) is 1. The number of nitrogens with zero attached hydrogens (tertiary/aromatic N) is 1. The van der Waals surface area contributed by atoms with Crippen LogP contribution >= 0.6 is 0 Å². The van der Waals surface area contributed by atoms with Crippen molar-refractivity contribution in [3.63, 3.8) is 0 Å². The molecular weight excluding hydrogens is 172 g/mol. The molecule has 2 fully saturated rings. The molecule has 1 aliphatic carbocycles. The van der Waals surface area contributed by atoms with Crippen LogP contribution in [-0.2, 0) is 0 Å². The molecular formula is C12H24N2. The fourth-order valence-electron chi connectivity index (χ4n) is 2.80. The van der Waals surface area contributed by atoms with Crippen LogP contribution in [0.3, 0.4) is 0 Å². The third kappa shape index (κ3) is 2.48. The highest BCUT2D eigenvalue weighted by atomic mass is 15.2. The first kappa shape index (κ1) is 10.4. The molecule has 0 spiro atoms. The van der Waals surface area contributed by atoms with E-state index in [-0.39, 0.29) is 0 Å². The Balaban J connectivity index is 1.74. The van der Waals surface area contributed by atoms with Crippen LogP contribution in [0.15, 0.2) is 0 Å². The molecule has 1 saturated heterocycles. The summed E-state index contributed by atoms with van der Waals surface area (Å²) in [6.07, 6.45) is 8.36. The summed E-state index contributed by atoms with van der Waals surface area (Å²) in [7, 11) is 0. The van der Waals surface area contributed by atoms with Gasteiger partial charge < -0.3 is 5.73 Å². The van der Waals surface area contributed by atoms with Gasteiger partial charge in [-0.25, -0.2) is 0 Å². The topological polar surface area (TPSA) is 29.3 Å².